The van der Waals surface area contributed by atoms with Crippen LogP contribution in [-0.2, 0) is 12.8 Å². The van der Waals surface area contributed by atoms with Crippen molar-refractivity contribution in [3.63, 3.8) is 0 Å². The molecule has 0 unspecified atom stereocenters. The van der Waals surface area contributed by atoms with E-state index in [-0.39, 0.29) is 11.1 Å². The van der Waals surface area contributed by atoms with Crippen LogP contribution in [0, 0.1) is 0 Å². The Morgan fingerprint density at radius 1 is 0.947 bits per heavy atom. The van der Waals surface area contributed by atoms with Crippen molar-refractivity contribution >= 4 is 0 Å². The summed E-state index contributed by atoms with van der Waals surface area (Å²) >= 11 is 0. The van der Waals surface area contributed by atoms with Gasteiger partial charge >= 0.3 is 6.18 Å². The van der Waals surface area contributed by atoms with Gasteiger partial charge < -0.3 is 10.2 Å². The van der Waals surface area contributed by atoms with Crippen LogP contribution >= 0.6 is 0 Å². The van der Waals surface area contributed by atoms with Gasteiger partial charge in [0, 0.05) is 5.56 Å². The van der Waals surface area contributed by atoms with E-state index in [0.29, 0.717) is 5.56 Å². The molecule has 0 spiro atoms. The molecule has 0 saturated carbocycles. The molecule has 0 saturated heterocycles. The minimum atomic E-state index is -4.72. The minimum Gasteiger partial charge on any atom is -0.507 e. The second-order valence-electron chi connectivity index (χ2n) is 4.01. The summed E-state index contributed by atoms with van der Waals surface area (Å²) in [5, 5.41) is 18.6. The molecule has 0 atom stereocenters. The van der Waals surface area contributed by atoms with E-state index in [0.717, 1.165) is 6.07 Å². The average molecular weight is 268 g/mol. The highest BCUT2D eigenvalue weighted by Crippen LogP contribution is 2.42. The van der Waals surface area contributed by atoms with Crippen LogP contribution in [0.5, 0.6) is 5.75 Å². The molecule has 2 aromatic rings. The zero-order valence-corrected chi connectivity index (χ0v) is 9.78. The van der Waals surface area contributed by atoms with Gasteiger partial charge in [-0.25, -0.2) is 0 Å². The predicted octanol–water partition coefficient (Wildman–Crippen LogP) is 3.57. The Bertz CT molecular complexity index is 577. The molecule has 0 bridgehead atoms. The molecular weight excluding hydrogens is 257 g/mol. The van der Waals surface area contributed by atoms with E-state index >= 15 is 0 Å². The van der Waals surface area contributed by atoms with Crippen molar-refractivity contribution in [1.82, 2.24) is 0 Å². The topological polar surface area (TPSA) is 40.5 Å². The second kappa shape index (κ2) is 4.93. The summed E-state index contributed by atoms with van der Waals surface area (Å²) < 4.78 is 38.8. The molecule has 0 aliphatic rings. The van der Waals surface area contributed by atoms with Gasteiger partial charge in [-0.15, -0.1) is 0 Å². The summed E-state index contributed by atoms with van der Waals surface area (Å²) in [7, 11) is 0. The normalized spacial score (nSPS) is 11.6. The third-order valence-electron chi connectivity index (χ3n) is 2.82. The van der Waals surface area contributed by atoms with Gasteiger partial charge in [0.15, 0.2) is 0 Å². The van der Waals surface area contributed by atoms with Crippen LogP contribution in [0.15, 0.2) is 42.5 Å². The highest BCUT2D eigenvalue weighted by molar-refractivity contribution is 5.70. The highest BCUT2D eigenvalue weighted by atomic mass is 19.4. The number of rotatable bonds is 2. The molecule has 0 aliphatic heterocycles. The van der Waals surface area contributed by atoms with Gasteiger partial charge in [-0.2, -0.15) is 13.2 Å². The molecule has 0 aliphatic carbocycles. The van der Waals surface area contributed by atoms with Gasteiger partial charge in [0.05, 0.1) is 6.61 Å². The fourth-order valence-electron chi connectivity index (χ4n) is 2.00. The molecule has 0 radical (unpaired) electrons. The first-order chi connectivity index (χ1) is 8.95. The fraction of sp³-hybridized carbons (Fsp3) is 0.143. The number of hydrogen-bond donors (Lipinski definition) is 2. The maximum atomic E-state index is 12.9. The van der Waals surface area contributed by atoms with E-state index in [1.807, 2.05) is 0 Å². The van der Waals surface area contributed by atoms with E-state index in [9.17, 15) is 23.4 Å². The lowest BCUT2D eigenvalue weighted by Gasteiger charge is -2.17. The zero-order chi connectivity index (χ0) is 14.0. The maximum Gasteiger partial charge on any atom is 0.420 e. The smallest absolute Gasteiger partial charge is 0.420 e. The SMILES string of the molecule is OCc1c(-c2ccccc2)ccc(O)c1C(F)(F)F. The van der Waals surface area contributed by atoms with Gasteiger partial charge in [-0.1, -0.05) is 36.4 Å². The van der Waals surface area contributed by atoms with Crippen LogP contribution in [0.4, 0.5) is 13.2 Å². The van der Waals surface area contributed by atoms with Crippen LogP contribution in [0.2, 0.25) is 0 Å². The first kappa shape index (κ1) is 13.4. The number of hydrogen-bond acceptors (Lipinski definition) is 2. The molecule has 0 heterocycles. The number of aliphatic hydroxyl groups is 1. The van der Waals surface area contributed by atoms with Gasteiger partial charge in [0.25, 0.3) is 0 Å². The molecule has 100 valence electrons. The van der Waals surface area contributed by atoms with Crippen molar-refractivity contribution in [3.8, 4) is 16.9 Å². The third kappa shape index (κ3) is 2.56. The molecular formula is C14H11F3O2. The lowest BCUT2D eigenvalue weighted by Crippen LogP contribution is -2.11. The van der Waals surface area contributed by atoms with E-state index in [1.54, 1.807) is 30.3 Å². The number of benzene rings is 2. The quantitative estimate of drug-likeness (QED) is 0.874. The summed E-state index contributed by atoms with van der Waals surface area (Å²) in [5.74, 6) is -0.878. The summed E-state index contributed by atoms with van der Waals surface area (Å²) in [6.07, 6.45) is -4.72. The van der Waals surface area contributed by atoms with Crippen LogP contribution in [-0.4, -0.2) is 10.2 Å². The number of halogens is 3. The van der Waals surface area contributed by atoms with Crippen LogP contribution in [0.25, 0.3) is 11.1 Å². The Morgan fingerprint density at radius 2 is 1.58 bits per heavy atom. The van der Waals surface area contributed by atoms with Crippen LogP contribution < -0.4 is 0 Å². The first-order valence-electron chi connectivity index (χ1n) is 5.53. The Balaban J connectivity index is 2.71. The van der Waals surface area contributed by atoms with Gasteiger partial charge in [0.1, 0.15) is 11.3 Å². The Hall–Kier alpha value is -2.01. The second-order valence-corrected chi connectivity index (χ2v) is 4.01. The minimum absolute atomic E-state index is 0.258. The zero-order valence-electron chi connectivity index (χ0n) is 9.78. The lowest BCUT2D eigenvalue weighted by molar-refractivity contribution is -0.139. The van der Waals surface area contributed by atoms with Crippen molar-refractivity contribution in [2.75, 3.05) is 0 Å². The summed E-state index contributed by atoms with van der Waals surface area (Å²) in [6.45, 7) is -0.798. The number of alkyl halides is 3. The van der Waals surface area contributed by atoms with Crippen molar-refractivity contribution in [2.24, 2.45) is 0 Å². The highest BCUT2D eigenvalue weighted by Gasteiger charge is 2.37. The Morgan fingerprint density at radius 3 is 2.11 bits per heavy atom. The first-order valence-corrected chi connectivity index (χ1v) is 5.53. The molecule has 0 aromatic heterocycles. The van der Waals surface area contributed by atoms with Gasteiger partial charge in [-0.05, 0) is 17.2 Å². The van der Waals surface area contributed by atoms with Gasteiger partial charge in [0.2, 0.25) is 0 Å². The fourth-order valence-corrected chi connectivity index (χ4v) is 2.00. The molecule has 0 fully saturated rings. The number of phenolic OH excluding ortho intramolecular Hbond substituents is 1. The monoisotopic (exact) mass is 268 g/mol. The summed E-state index contributed by atoms with van der Waals surface area (Å²) in [4.78, 5) is 0. The van der Waals surface area contributed by atoms with Crippen molar-refractivity contribution < 1.29 is 23.4 Å². The van der Waals surface area contributed by atoms with E-state index in [4.69, 9.17) is 0 Å². The molecule has 2 aromatic carbocycles. The average Bonchev–Trinajstić information content (AvgIpc) is 2.37. The molecule has 2 N–H and O–H groups in total. The standard InChI is InChI=1S/C14H11F3O2/c15-14(16,17)13-11(8-18)10(6-7-12(13)19)9-4-2-1-3-5-9/h1-7,18-19H,8H2. The van der Waals surface area contributed by atoms with Crippen molar-refractivity contribution in [2.45, 2.75) is 12.8 Å². The van der Waals surface area contributed by atoms with Crippen LogP contribution in [0.3, 0.4) is 0 Å². The number of aromatic hydroxyl groups is 1. The van der Waals surface area contributed by atoms with Gasteiger partial charge in [-0.3, -0.25) is 0 Å². The predicted molar refractivity (Wildman–Crippen MR) is 64.5 cm³/mol. The molecule has 0 amide bonds. The van der Waals surface area contributed by atoms with Crippen LogP contribution in [0.1, 0.15) is 11.1 Å². The molecule has 19 heavy (non-hydrogen) atoms. The van der Waals surface area contributed by atoms with Crippen molar-refractivity contribution in [1.29, 1.82) is 0 Å². The lowest BCUT2D eigenvalue weighted by atomic mass is 9.95. The van der Waals surface area contributed by atoms with E-state index in [1.165, 1.54) is 6.07 Å². The molecule has 5 heteroatoms. The third-order valence-corrected chi connectivity index (χ3v) is 2.82. The Kier molecular flexibility index (Phi) is 3.48. The van der Waals surface area contributed by atoms with E-state index in [2.05, 4.69) is 0 Å². The largest absolute Gasteiger partial charge is 0.507 e. The van der Waals surface area contributed by atoms with E-state index < -0.39 is 24.1 Å². The maximum absolute atomic E-state index is 12.9. The van der Waals surface area contributed by atoms with Crippen molar-refractivity contribution in [3.05, 3.63) is 53.6 Å². The number of phenols is 1. The Labute approximate surface area is 107 Å². The summed E-state index contributed by atoms with van der Waals surface area (Å²) in [6, 6.07) is 10.8. The molecule has 2 rings (SSSR count). The molecule has 2 nitrogen and oxygen atoms in total. The number of aliphatic hydroxyl groups excluding tert-OH is 1. The summed E-state index contributed by atoms with van der Waals surface area (Å²) in [5.41, 5.74) is -0.694.